The number of halogens is 1. The van der Waals surface area contributed by atoms with Gasteiger partial charge in [-0.25, -0.2) is 0 Å². The lowest BCUT2D eigenvalue weighted by molar-refractivity contribution is 0.131. The van der Waals surface area contributed by atoms with Crippen molar-refractivity contribution in [3.8, 4) is 6.07 Å². The van der Waals surface area contributed by atoms with Crippen LogP contribution in [0.1, 0.15) is 30.5 Å². The van der Waals surface area contributed by atoms with Crippen molar-refractivity contribution >= 4 is 12.4 Å². The van der Waals surface area contributed by atoms with Crippen LogP contribution in [0.3, 0.4) is 0 Å². The maximum atomic E-state index is 10.3. The van der Waals surface area contributed by atoms with Crippen molar-refractivity contribution in [2.45, 2.75) is 38.0 Å². The molecule has 0 aliphatic heterocycles. The molecule has 0 aromatic heterocycles. The van der Waals surface area contributed by atoms with Gasteiger partial charge in [0.2, 0.25) is 0 Å². The van der Waals surface area contributed by atoms with Gasteiger partial charge >= 0.3 is 0 Å². The zero-order valence-corrected chi connectivity index (χ0v) is 15.5. The van der Waals surface area contributed by atoms with Gasteiger partial charge in [-0.2, -0.15) is 5.26 Å². The number of nitrogens with one attached hydrogen (secondary N) is 1. The molecule has 2 aromatic carbocycles. The van der Waals surface area contributed by atoms with E-state index >= 15 is 0 Å². The van der Waals surface area contributed by atoms with Crippen molar-refractivity contribution in [3.63, 3.8) is 0 Å². The van der Waals surface area contributed by atoms with Crippen LogP contribution in [0.4, 0.5) is 0 Å². The van der Waals surface area contributed by atoms with Crippen molar-refractivity contribution in [1.29, 1.82) is 5.26 Å². The summed E-state index contributed by atoms with van der Waals surface area (Å²) in [5.41, 5.74) is 8.63. The number of hydrogen-bond acceptors (Lipinski definition) is 4. The maximum Gasteiger partial charge on any atom is 0.0991 e. The lowest BCUT2D eigenvalue weighted by atomic mass is 9.92. The summed E-state index contributed by atoms with van der Waals surface area (Å²) >= 11 is 0. The third kappa shape index (κ3) is 6.15. The van der Waals surface area contributed by atoms with Gasteiger partial charge in [-0.3, -0.25) is 0 Å². The number of nitriles is 1. The Kier molecular flexibility index (Phi) is 8.08. The number of aliphatic hydroxyl groups is 1. The molecule has 25 heavy (non-hydrogen) atoms. The average molecular weight is 360 g/mol. The van der Waals surface area contributed by atoms with Crippen molar-refractivity contribution < 1.29 is 5.11 Å². The lowest BCUT2D eigenvalue weighted by Gasteiger charge is -2.30. The summed E-state index contributed by atoms with van der Waals surface area (Å²) in [6, 6.07) is 19.2. The highest BCUT2D eigenvalue weighted by Gasteiger charge is 2.23. The molecule has 0 bridgehead atoms. The van der Waals surface area contributed by atoms with E-state index in [1.165, 1.54) is 0 Å². The molecule has 0 aliphatic carbocycles. The fourth-order valence-corrected chi connectivity index (χ4v) is 2.60. The summed E-state index contributed by atoms with van der Waals surface area (Å²) in [5, 5.41) is 22.6. The van der Waals surface area contributed by atoms with E-state index in [0.29, 0.717) is 18.5 Å². The highest BCUT2D eigenvalue weighted by atomic mass is 35.5. The molecule has 0 heterocycles. The first-order valence-electron chi connectivity index (χ1n) is 8.15. The minimum atomic E-state index is -0.636. The quantitative estimate of drug-likeness (QED) is 0.710. The molecule has 2 rings (SSSR count). The molecule has 0 saturated carbocycles. The average Bonchev–Trinajstić information content (AvgIpc) is 2.60. The van der Waals surface area contributed by atoms with Gasteiger partial charge < -0.3 is 16.2 Å². The number of benzene rings is 2. The first kappa shape index (κ1) is 21.1. The molecule has 0 spiro atoms. The van der Waals surface area contributed by atoms with Crippen molar-refractivity contribution in [3.05, 3.63) is 71.3 Å². The van der Waals surface area contributed by atoms with Crippen LogP contribution in [-0.2, 0) is 12.0 Å². The van der Waals surface area contributed by atoms with Gasteiger partial charge in [0, 0.05) is 18.1 Å². The number of nitrogens with zero attached hydrogens (tertiary/aromatic N) is 1. The van der Waals surface area contributed by atoms with E-state index in [2.05, 4.69) is 11.4 Å². The number of hydrogen-bond donors (Lipinski definition) is 3. The molecule has 0 amide bonds. The Hall–Kier alpha value is -1.90. The zero-order valence-electron chi connectivity index (χ0n) is 14.6. The summed E-state index contributed by atoms with van der Waals surface area (Å²) in [6.07, 6.45) is 0.00362. The molecule has 4 nitrogen and oxygen atoms in total. The fraction of sp³-hybridized carbons (Fsp3) is 0.350. The standard InChI is InChI=1S/C20H25N3O.ClH/c1-20(2,17-10-8-16(13-21)9-11-17)23-14-19(24)18(22)12-15-6-4-3-5-7-15;/h3-11,18-19,23-24H,12,14,22H2,1-2H3;1H/t18-,19+;/m0./s1. The summed E-state index contributed by atoms with van der Waals surface area (Å²) < 4.78 is 0. The van der Waals surface area contributed by atoms with Gasteiger partial charge in [-0.15, -0.1) is 12.4 Å². The van der Waals surface area contributed by atoms with Crippen LogP contribution in [0.15, 0.2) is 54.6 Å². The Balaban J connectivity index is 0.00000312. The molecule has 0 unspecified atom stereocenters. The van der Waals surface area contributed by atoms with Crippen LogP contribution in [0.25, 0.3) is 0 Å². The van der Waals surface area contributed by atoms with Crippen LogP contribution >= 0.6 is 12.4 Å². The molecule has 134 valence electrons. The first-order chi connectivity index (χ1) is 11.4. The van der Waals surface area contributed by atoms with Gasteiger partial charge in [0.25, 0.3) is 0 Å². The normalized spacial score (nSPS) is 13.4. The Labute approximate surface area is 156 Å². The van der Waals surface area contributed by atoms with Gasteiger partial charge in [0.05, 0.1) is 17.7 Å². The molecule has 2 aromatic rings. The molecule has 0 radical (unpaired) electrons. The lowest BCUT2D eigenvalue weighted by Crippen LogP contribution is -2.48. The molecule has 2 atom stereocenters. The van der Waals surface area contributed by atoms with Crippen LogP contribution < -0.4 is 11.1 Å². The van der Waals surface area contributed by atoms with E-state index in [1.54, 1.807) is 12.1 Å². The molecule has 5 heteroatoms. The van der Waals surface area contributed by atoms with Gasteiger partial charge in [-0.1, -0.05) is 42.5 Å². The van der Waals surface area contributed by atoms with Crippen LogP contribution in [0.2, 0.25) is 0 Å². The summed E-state index contributed by atoms with van der Waals surface area (Å²) in [6.45, 7) is 4.49. The van der Waals surface area contributed by atoms with E-state index in [0.717, 1.165) is 11.1 Å². The number of aliphatic hydroxyl groups excluding tert-OH is 1. The molecule has 0 aliphatic rings. The molecular weight excluding hydrogens is 334 g/mol. The van der Waals surface area contributed by atoms with E-state index in [-0.39, 0.29) is 24.0 Å². The predicted octanol–water partition coefficient (Wildman–Crippen LogP) is 2.74. The Morgan fingerprint density at radius 2 is 1.72 bits per heavy atom. The zero-order chi connectivity index (χ0) is 17.6. The molecular formula is C20H26ClN3O. The number of rotatable bonds is 7. The predicted molar refractivity (Wildman–Crippen MR) is 104 cm³/mol. The van der Waals surface area contributed by atoms with Crippen LogP contribution in [-0.4, -0.2) is 23.8 Å². The Morgan fingerprint density at radius 3 is 2.28 bits per heavy atom. The molecule has 0 fully saturated rings. The topological polar surface area (TPSA) is 82.1 Å². The van der Waals surface area contributed by atoms with Gasteiger partial charge in [0.15, 0.2) is 0 Å². The molecule has 0 saturated heterocycles. The van der Waals surface area contributed by atoms with Gasteiger partial charge in [0.1, 0.15) is 0 Å². The Morgan fingerprint density at radius 1 is 1.12 bits per heavy atom. The Bertz CT molecular complexity index is 680. The minimum Gasteiger partial charge on any atom is -0.390 e. The van der Waals surface area contributed by atoms with E-state index in [1.807, 2.05) is 56.3 Å². The van der Waals surface area contributed by atoms with E-state index in [4.69, 9.17) is 11.0 Å². The highest BCUT2D eigenvalue weighted by molar-refractivity contribution is 5.85. The monoisotopic (exact) mass is 359 g/mol. The van der Waals surface area contributed by atoms with Crippen LogP contribution in [0, 0.1) is 11.3 Å². The summed E-state index contributed by atoms with van der Waals surface area (Å²) in [7, 11) is 0. The first-order valence-corrected chi connectivity index (χ1v) is 8.15. The third-order valence-electron chi connectivity index (χ3n) is 4.30. The maximum absolute atomic E-state index is 10.3. The minimum absolute atomic E-state index is 0. The number of nitrogens with two attached hydrogens (primary N) is 1. The third-order valence-corrected chi connectivity index (χ3v) is 4.30. The highest BCUT2D eigenvalue weighted by Crippen LogP contribution is 2.20. The smallest absolute Gasteiger partial charge is 0.0991 e. The van der Waals surface area contributed by atoms with Crippen molar-refractivity contribution in [1.82, 2.24) is 5.32 Å². The molecule has 4 N–H and O–H groups in total. The van der Waals surface area contributed by atoms with Crippen LogP contribution in [0.5, 0.6) is 0 Å². The second-order valence-corrected chi connectivity index (χ2v) is 6.62. The van der Waals surface area contributed by atoms with E-state index < -0.39 is 6.10 Å². The van der Waals surface area contributed by atoms with Crippen molar-refractivity contribution in [2.75, 3.05) is 6.54 Å². The van der Waals surface area contributed by atoms with Crippen molar-refractivity contribution in [2.24, 2.45) is 5.73 Å². The summed E-state index contributed by atoms with van der Waals surface area (Å²) in [4.78, 5) is 0. The van der Waals surface area contributed by atoms with Gasteiger partial charge in [-0.05, 0) is 43.5 Å². The second kappa shape index (κ2) is 9.55. The largest absolute Gasteiger partial charge is 0.390 e. The SMILES string of the molecule is CC(C)(NC[C@@H](O)[C@@H](N)Cc1ccccc1)c1ccc(C#N)cc1.Cl. The fourth-order valence-electron chi connectivity index (χ4n) is 2.60. The van der Waals surface area contributed by atoms with E-state index in [9.17, 15) is 5.11 Å². The second-order valence-electron chi connectivity index (χ2n) is 6.62. The summed E-state index contributed by atoms with van der Waals surface area (Å²) in [5.74, 6) is 0.